The Labute approximate surface area is 272 Å². The van der Waals surface area contributed by atoms with Gasteiger partial charge in [-0.2, -0.15) is 13.2 Å². The SMILES string of the molecule is CCOC(=O)CCN1CCN(c2cnc(C(=O)Nc3nc(-c4cc(Br)cc(C(F)(F)F)c4)c(CN4CCCC4C)s3)cn2)CC1. The third-order valence-corrected chi connectivity index (χ3v) is 9.37. The molecule has 1 unspecified atom stereocenters. The lowest BCUT2D eigenvalue weighted by atomic mass is 10.1. The molecule has 2 saturated heterocycles. The molecule has 1 aromatic carbocycles. The summed E-state index contributed by atoms with van der Waals surface area (Å²) in [7, 11) is 0. The van der Waals surface area contributed by atoms with Crippen molar-refractivity contribution >= 4 is 50.1 Å². The molecule has 2 aliphatic rings. The molecule has 1 amide bonds. The van der Waals surface area contributed by atoms with Gasteiger partial charge in [-0.25, -0.2) is 15.0 Å². The number of thiazole rings is 1. The molecule has 242 valence electrons. The molecule has 0 radical (unpaired) electrons. The first kappa shape index (κ1) is 33.2. The van der Waals surface area contributed by atoms with Crippen molar-refractivity contribution in [3.63, 3.8) is 0 Å². The Hall–Kier alpha value is -3.14. The minimum atomic E-state index is -4.52. The van der Waals surface area contributed by atoms with Crippen LogP contribution in [-0.4, -0.2) is 88.5 Å². The number of amides is 1. The van der Waals surface area contributed by atoms with E-state index in [1.54, 1.807) is 19.2 Å². The van der Waals surface area contributed by atoms with Gasteiger partial charge in [-0.15, -0.1) is 0 Å². The zero-order valence-corrected chi connectivity index (χ0v) is 27.5. The zero-order chi connectivity index (χ0) is 32.1. The van der Waals surface area contributed by atoms with E-state index in [1.165, 1.54) is 17.5 Å². The van der Waals surface area contributed by atoms with Crippen molar-refractivity contribution in [3.8, 4) is 11.3 Å². The lowest BCUT2D eigenvalue weighted by Crippen LogP contribution is -2.47. The molecule has 45 heavy (non-hydrogen) atoms. The fourth-order valence-corrected chi connectivity index (χ4v) is 6.98. The zero-order valence-electron chi connectivity index (χ0n) is 25.1. The minimum absolute atomic E-state index is 0.0973. The number of carbonyl (C=O) groups excluding carboxylic acids is 2. The Morgan fingerprint density at radius 3 is 2.53 bits per heavy atom. The van der Waals surface area contributed by atoms with Crippen LogP contribution in [0.25, 0.3) is 11.3 Å². The summed E-state index contributed by atoms with van der Waals surface area (Å²) in [5, 5.41) is 3.05. The number of nitrogens with one attached hydrogen (secondary N) is 1. The van der Waals surface area contributed by atoms with Crippen molar-refractivity contribution < 1.29 is 27.5 Å². The number of benzene rings is 1. The van der Waals surface area contributed by atoms with Crippen LogP contribution in [0, 0.1) is 0 Å². The van der Waals surface area contributed by atoms with Gasteiger partial charge in [-0.3, -0.25) is 24.7 Å². The molecule has 0 aliphatic carbocycles. The Kier molecular flexibility index (Phi) is 10.7. The van der Waals surface area contributed by atoms with Gasteiger partial charge in [0.15, 0.2) is 5.13 Å². The lowest BCUT2D eigenvalue weighted by Gasteiger charge is -2.35. The van der Waals surface area contributed by atoms with E-state index in [0.29, 0.717) is 66.8 Å². The molecule has 0 bridgehead atoms. The lowest BCUT2D eigenvalue weighted by molar-refractivity contribution is -0.143. The Morgan fingerprint density at radius 1 is 1.11 bits per heavy atom. The largest absolute Gasteiger partial charge is 0.466 e. The average molecular weight is 711 g/mol. The molecule has 1 atom stereocenters. The van der Waals surface area contributed by atoms with Crippen molar-refractivity contribution in [3.05, 3.63) is 51.2 Å². The summed E-state index contributed by atoms with van der Waals surface area (Å²) in [4.78, 5) is 45.5. The third kappa shape index (κ3) is 8.57. The number of hydrogen-bond donors (Lipinski definition) is 1. The highest BCUT2D eigenvalue weighted by molar-refractivity contribution is 9.10. The Bertz CT molecular complexity index is 1500. The first-order valence-corrected chi connectivity index (χ1v) is 16.5. The number of rotatable bonds is 10. The van der Waals surface area contributed by atoms with Crippen LogP contribution >= 0.6 is 27.3 Å². The second kappa shape index (κ2) is 14.5. The average Bonchev–Trinajstić information content (AvgIpc) is 3.61. The van der Waals surface area contributed by atoms with Crippen molar-refractivity contribution in [2.45, 2.75) is 51.9 Å². The summed E-state index contributed by atoms with van der Waals surface area (Å²) >= 11 is 4.46. The fraction of sp³-hybridized carbons (Fsp3) is 0.500. The quantitative estimate of drug-likeness (QED) is 0.266. The number of piperazine rings is 1. The van der Waals surface area contributed by atoms with Gasteiger partial charge in [0.25, 0.3) is 5.91 Å². The predicted molar refractivity (Wildman–Crippen MR) is 169 cm³/mol. The van der Waals surface area contributed by atoms with E-state index >= 15 is 0 Å². The second-order valence-corrected chi connectivity index (χ2v) is 13.1. The van der Waals surface area contributed by atoms with E-state index in [0.717, 1.165) is 49.5 Å². The number of aromatic nitrogens is 3. The Balaban J connectivity index is 1.27. The maximum absolute atomic E-state index is 13.6. The number of hydrogen-bond acceptors (Lipinski definition) is 10. The second-order valence-electron chi connectivity index (χ2n) is 11.1. The number of likely N-dealkylation sites (tertiary alicyclic amines) is 1. The van der Waals surface area contributed by atoms with Crippen LogP contribution in [0.1, 0.15) is 54.0 Å². The van der Waals surface area contributed by atoms with Crippen LogP contribution < -0.4 is 10.2 Å². The number of esters is 1. The van der Waals surface area contributed by atoms with Crippen LogP contribution in [-0.2, 0) is 22.3 Å². The van der Waals surface area contributed by atoms with E-state index < -0.39 is 17.6 Å². The summed E-state index contributed by atoms with van der Waals surface area (Å²) < 4.78 is 46.1. The van der Waals surface area contributed by atoms with Crippen molar-refractivity contribution in [1.29, 1.82) is 0 Å². The molecule has 15 heteroatoms. The topological polar surface area (TPSA) is 104 Å². The van der Waals surface area contributed by atoms with Crippen LogP contribution in [0.4, 0.5) is 24.1 Å². The van der Waals surface area contributed by atoms with E-state index in [9.17, 15) is 22.8 Å². The molecule has 2 aromatic heterocycles. The fourth-order valence-electron chi connectivity index (χ4n) is 5.49. The highest BCUT2D eigenvalue weighted by Crippen LogP contribution is 2.39. The molecule has 1 N–H and O–H groups in total. The molecule has 2 fully saturated rings. The molecular formula is C30H35BrF3N7O3S. The minimum Gasteiger partial charge on any atom is -0.466 e. The van der Waals surface area contributed by atoms with Gasteiger partial charge in [0.2, 0.25) is 0 Å². The monoisotopic (exact) mass is 709 g/mol. The molecule has 5 rings (SSSR count). The van der Waals surface area contributed by atoms with E-state index in [1.807, 2.05) is 0 Å². The molecule has 2 aliphatic heterocycles. The number of ether oxygens (including phenoxy) is 1. The smallest absolute Gasteiger partial charge is 0.416 e. The maximum atomic E-state index is 13.6. The van der Waals surface area contributed by atoms with Gasteiger partial charge in [0.1, 0.15) is 11.5 Å². The molecule has 4 heterocycles. The van der Waals surface area contributed by atoms with Crippen LogP contribution in [0.3, 0.4) is 0 Å². The molecule has 0 saturated carbocycles. The Morgan fingerprint density at radius 2 is 1.89 bits per heavy atom. The highest BCUT2D eigenvalue weighted by Gasteiger charge is 2.32. The predicted octanol–water partition coefficient (Wildman–Crippen LogP) is 5.69. The van der Waals surface area contributed by atoms with Gasteiger partial charge in [-0.1, -0.05) is 27.3 Å². The first-order valence-electron chi connectivity index (χ1n) is 14.9. The first-order chi connectivity index (χ1) is 21.5. The van der Waals surface area contributed by atoms with Crippen molar-refractivity contribution in [2.75, 3.05) is 56.1 Å². The number of halogens is 4. The van der Waals surface area contributed by atoms with Crippen LogP contribution in [0.15, 0.2) is 35.1 Å². The summed E-state index contributed by atoms with van der Waals surface area (Å²) in [5.41, 5.74) is 0.0453. The highest BCUT2D eigenvalue weighted by atomic mass is 79.9. The van der Waals surface area contributed by atoms with Crippen molar-refractivity contribution in [1.82, 2.24) is 24.8 Å². The molecule has 10 nitrogen and oxygen atoms in total. The standard InChI is InChI=1S/C30H35BrF3N7O3S/c1-3-44-26(42)6-8-39-9-11-40(12-10-39)25-17-35-23(16-36-25)28(43)38-29-37-27(24(45-29)18-41-7-4-5-19(41)2)20-13-21(30(32,33)34)15-22(31)14-20/h13-17,19H,3-12,18H2,1-2H3,(H,37,38,43). The number of alkyl halides is 3. The van der Waals surface area contributed by atoms with Gasteiger partial charge in [0.05, 0.1) is 36.7 Å². The van der Waals surface area contributed by atoms with Gasteiger partial charge in [0, 0.05) is 60.2 Å². The van der Waals surface area contributed by atoms with E-state index in [2.05, 4.69) is 57.8 Å². The van der Waals surface area contributed by atoms with Gasteiger partial charge in [-0.05, 0) is 51.4 Å². The number of anilines is 2. The maximum Gasteiger partial charge on any atom is 0.416 e. The van der Waals surface area contributed by atoms with Crippen molar-refractivity contribution in [2.24, 2.45) is 0 Å². The van der Waals surface area contributed by atoms with E-state index in [-0.39, 0.29) is 16.8 Å². The summed E-state index contributed by atoms with van der Waals surface area (Å²) in [6, 6.07) is 4.08. The van der Waals surface area contributed by atoms with Gasteiger partial charge < -0.3 is 9.64 Å². The number of nitrogens with zero attached hydrogens (tertiary/aromatic N) is 6. The van der Waals surface area contributed by atoms with Crippen LogP contribution in [0.2, 0.25) is 0 Å². The third-order valence-electron chi connectivity index (χ3n) is 7.96. The summed E-state index contributed by atoms with van der Waals surface area (Å²) in [6.07, 6.45) is 0.895. The summed E-state index contributed by atoms with van der Waals surface area (Å²) in [6.45, 7) is 9.27. The summed E-state index contributed by atoms with van der Waals surface area (Å²) in [5.74, 6) is -0.0653. The van der Waals surface area contributed by atoms with Crippen LogP contribution in [0.5, 0.6) is 0 Å². The normalized spacial score (nSPS) is 17.9. The van der Waals surface area contributed by atoms with Gasteiger partial charge >= 0.3 is 12.1 Å². The molecule has 0 spiro atoms. The van der Waals surface area contributed by atoms with E-state index in [4.69, 9.17) is 4.74 Å². The molecular weight excluding hydrogens is 675 g/mol. The molecule has 3 aromatic rings. The number of carbonyl (C=O) groups is 2.